The van der Waals surface area contributed by atoms with Gasteiger partial charge in [-0.1, -0.05) is 0 Å². The number of nitrogens with one attached hydrogen (secondary N) is 1. The van der Waals surface area contributed by atoms with Crippen molar-refractivity contribution in [2.45, 2.75) is 12.8 Å². The number of carbonyl (C=O) groups excluding carboxylic acids is 2. The molecule has 1 fully saturated rings. The average Bonchev–Trinajstić information content (AvgIpc) is 2.98. The zero-order chi connectivity index (χ0) is 14.4. The van der Waals surface area contributed by atoms with Gasteiger partial charge in [-0.15, -0.1) is 0 Å². The maximum absolute atomic E-state index is 11.7. The molecule has 20 heavy (non-hydrogen) atoms. The minimum atomic E-state index is -0.281. The molecular formula is C14H17IN2O3. The van der Waals surface area contributed by atoms with Crippen LogP contribution in [0.1, 0.15) is 12.8 Å². The largest absolute Gasteiger partial charge is 0.484 e. The Labute approximate surface area is 131 Å². The molecule has 1 aromatic rings. The fraction of sp³-hybridized carbons (Fsp3) is 0.429. The van der Waals surface area contributed by atoms with Gasteiger partial charge in [-0.05, 0) is 59.7 Å². The van der Waals surface area contributed by atoms with Gasteiger partial charge in [0.15, 0.2) is 6.61 Å². The molecule has 5 nitrogen and oxygen atoms in total. The molecule has 1 aliphatic rings. The maximum Gasteiger partial charge on any atom is 0.258 e. The van der Waals surface area contributed by atoms with E-state index in [1.54, 1.807) is 4.90 Å². The van der Waals surface area contributed by atoms with Crippen LogP contribution in [0.2, 0.25) is 0 Å². The molecule has 0 aliphatic carbocycles. The fourth-order valence-corrected chi connectivity index (χ4v) is 2.34. The molecule has 0 radical (unpaired) electrons. The zero-order valence-corrected chi connectivity index (χ0v) is 13.3. The zero-order valence-electron chi connectivity index (χ0n) is 11.1. The fourth-order valence-electron chi connectivity index (χ4n) is 1.98. The van der Waals surface area contributed by atoms with E-state index in [1.165, 1.54) is 0 Å². The highest BCUT2D eigenvalue weighted by Crippen LogP contribution is 2.13. The lowest BCUT2D eigenvalue weighted by molar-refractivity contribution is -0.132. The smallest absolute Gasteiger partial charge is 0.258 e. The van der Waals surface area contributed by atoms with Crippen LogP contribution in [0.5, 0.6) is 5.75 Å². The van der Waals surface area contributed by atoms with Gasteiger partial charge in [0.25, 0.3) is 5.91 Å². The van der Waals surface area contributed by atoms with Gasteiger partial charge in [0.1, 0.15) is 5.75 Å². The molecule has 6 heteroatoms. The monoisotopic (exact) mass is 388 g/mol. The minimum Gasteiger partial charge on any atom is -0.484 e. The van der Waals surface area contributed by atoms with Crippen molar-refractivity contribution >= 4 is 34.4 Å². The van der Waals surface area contributed by atoms with E-state index in [-0.39, 0.29) is 25.0 Å². The van der Waals surface area contributed by atoms with Crippen molar-refractivity contribution < 1.29 is 14.3 Å². The van der Waals surface area contributed by atoms with Gasteiger partial charge in [-0.25, -0.2) is 0 Å². The summed E-state index contributed by atoms with van der Waals surface area (Å²) in [5.41, 5.74) is 0. The number of benzene rings is 1. The van der Waals surface area contributed by atoms with Gasteiger partial charge in [0.05, 0.1) is 6.54 Å². The van der Waals surface area contributed by atoms with Crippen LogP contribution in [0.25, 0.3) is 0 Å². The van der Waals surface area contributed by atoms with Crippen molar-refractivity contribution in [1.29, 1.82) is 0 Å². The molecule has 2 rings (SSSR count). The molecule has 1 N–H and O–H groups in total. The average molecular weight is 388 g/mol. The number of nitrogens with zero attached hydrogens (tertiary/aromatic N) is 1. The Morgan fingerprint density at radius 1 is 1.20 bits per heavy atom. The second kappa shape index (κ2) is 7.47. The van der Waals surface area contributed by atoms with E-state index in [0.717, 1.165) is 29.5 Å². The van der Waals surface area contributed by atoms with Crippen LogP contribution in [0.4, 0.5) is 0 Å². The number of halogens is 1. The van der Waals surface area contributed by atoms with Crippen LogP contribution in [-0.2, 0) is 9.59 Å². The third-order valence-electron chi connectivity index (χ3n) is 3.08. The van der Waals surface area contributed by atoms with Crippen LogP contribution in [0.15, 0.2) is 24.3 Å². The van der Waals surface area contributed by atoms with Gasteiger partial charge in [-0.3, -0.25) is 9.59 Å². The van der Waals surface area contributed by atoms with Gasteiger partial charge in [0, 0.05) is 16.7 Å². The third-order valence-corrected chi connectivity index (χ3v) is 3.80. The molecule has 0 spiro atoms. The van der Waals surface area contributed by atoms with Crippen molar-refractivity contribution in [1.82, 2.24) is 10.2 Å². The first-order valence-corrected chi connectivity index (χ1v) is 7.66. The Morgan fingerprint density at radius 3 is 2.50 bits per heavy atom. The van der Waals surface area contributed by atoms with Crippen LogP contribution in [0, 0.1) is 3.57 Å². The molecule has 108 valence electrons. The summed E-state index contributed by atoms with van der Waals surface area (Å²) in [6, 6.07) is 7.43. The van der Waals surface area contributed by atoms with Crippen molar-refractivity contribution in [2.75, 3.05) is 26.2 Å². The molecule has 0 bridgehead atoms. The number of amides is 2. The molecule has 1 saturated heterocycles. The number of hydrogen-bond acceptors (Lipinski definition) is 3. The highest BCUT2D eigenvalue weighted by Gasteiger charge is 2.18. The Morgan fingerprint density at radius 2 is 1.85 bits per heavy atom. The highest BCUT2D eigenvalue weighted by molar-refractivity contribution is 14.1. The summed E-state index contributed by atoms with van der Waals surface area (Å²) in [7, 11) is 0. The van der Waals surface area contributed by atoms with Gasteiger partial charge < -0.3 is 15.0 Å². The molecule has 0 unspecified atom stereocenters. The third kappa shape index (κ3) is 4.66. The summed E-state index contributed by atoms with van der Waals surface area (Å²) < 4.78 is 6.45. The summed E-state index contributed by atoms with van der Waals surface area (Å²) in [5, 5.41) is 2.58. The standard InChI is InChI=1S/C14H17IN2O3/c15-11-3-5-12(6-4-11)20-10-13(18)16-9-14(19)17-7-1-2-8-17/h3-6H,1-2,7-10H2,(H,16,18). The first-order chi connectivity index (χ1) is 9.65. The quantitative estimate of drug-likeness (QED) is 0.777. The van der Waals surface area contributed by atoms with Crippen molar-refractivity contribution in [3.05, 3.63) is 27.8 Å². The molecule has 1 aliphatic heterocycles. The summed E-state index contributed by atoms with van der Waals surface area (Å²) in [6.07, 6.45) is 2.10. The Kier molecular flexibility index (Phi) is 5.63. The summed E-state index contributed by atoms with van der Waals surface area (Å²) in [4.78, 5) is 25.1. The molecule has 0 atom stereocenters. The molecular weight excluding hydrogens is 371 g/mol. The molecule has 2 amide bonds. The van der Waals surface area contributed by atoms with Crippen molar-refractivity contribution in [3.8, 4) is 5.75 Å². The van der Waals surface area contributed by atoms with E-state index in [9.17, 15) is 9.59 Å². The molecule has 1 aromatic carbocycles. The normalized spacial score (nSPS) is 14.2. The van der Waals surface area contributed by atoms with Crippen molar-refractivity contribution in [3.63, 3.8) is 0 Å². The number of carbonyl (C=O) groups is 2. The first kappa shape index (κ1) is 15.1. The number of likely N-dealkylation sites (tertiary alicyclic amines) is 1. The second-order valence-electron chi connectivity index (χ2n) is 4.61. The summed E-state index contributed by atoms with van der Waals surface area (Å²) >= 11 is 2.20. The second-order valence-corrected chi connectivity index (χ2v) is 5.85. The van der Waals surface area contributed by atoms with E-state index in [2.05, 4.69) is 27.9 Å². The predicted octanol–water partition coefficient (Wildman–Crippen LogP) is 1.41. The topological polar surface area (TPSA) is 58.6 Å². The lowest BCUT2D eigenvalue weighted by Gasteiger charge is -2.15. The van der Waals surface area contributed by atoms with E-state index in [4.69, 9.17) is 4.74 Å². The van der Waals surface area contributed by atoms with Gasteiger partial charge in [-0.2, -0.15) is 0 Å². The van der Waals surface area contributed by atoms with Crippen LogP contribution in [0.3, 0.4) is 0 Å². The predicted molar refractivity (Wildman–Crippen MR) is 83.5 cm³/mol. The summed E-state index contributed by atoms with van der Waals surface area (Å²) in [5.74, 6) is 0.340. The minimum absolute atomic E-state index is 0.0230. The van der Waals surface area contributed by atoms with E-state index < -0.39 is 0 Å². The SMILES string of the molecule is O=C(COc1ccc(I)cc1)NCC(=O)N1CCCC1. The Bertz CT molecular complexity index is 470. The number of ether oxygens (including phenoxy) is 1. The Balaban J connectivity index is 1.67. The molecule has 0 saturated carbocycles. The summed E-state index contributed by atoms with van der Waals surface area (Å²) in [6.45, 7) is 1.57. The van der Waals surface area contributed by atoms with E-state index in [1.807, 2.05) is 24.3 Å². The van der Waals surface area contributed by atoms with E-state index in [0.29, 0.717) is 5.75 Å². The Hall–Kier alpha value is -1.31. The van der Waals surface area contributed by atoms with Crippen LogP contribution in [-0.4, -0.2) is 43.0 Å². The number of rotatable bonds is 5. The lowest BCUT2D eigenvalue weighted by Crippen LogP contribution is -2.40. The highest BCUT2D eigenvalue weighted by atomic mass is 127. The molecule has 1 heterocycles. The number of hydrogen-bond donors (Lipinski definition) is 1. The van der Waals surface area contributed by atoms with E-state index >= 15 is 0 Å². The van der Waals surface area contributed by atoms with Gasteiger partial charge >= 0.3 is 0 Å². The lowest BCUT2D eigenvalue weighted by atomic mass is 10.3. The molecule has 0 aromatic heterocycles. The van der Waals surface area contributed by atoms with Crippen LogP contribution >= 0.6 is 22.6 Å². The maximum atomic E-state index is 11.7. The first-order valence-electron chi connectivity index (χ1n) is 6.58. The van der Waals surface area contributed by atoms with Crippen molar-refractivity contribution in [2.24, 2.45) is 0 Å². The van der Waals surface area contributed by atoms with Crippen LogP contribution < -0.4 is 10.1 Å². The van der Waals surface area contributed by atoms with Gasteiger partial charge in [0.2, 0.25) is 5.91 Å².